The van der Waals surface area contributed by atoms with Gasteiger partial charge in [-0.05, 0) is 61.1 Å². The van der Waals surface area contributed by atoms with Crippen molar-refractivity contribution in [2.75, 3.05) is 0 Å². The average Bonchev–Trinajstić information content (AvgIpc) is 3.09. The van der Waals surface area contributed by atoms with Crippen molar-refractivity contribution in [2.45, 2.75) is 32.2 Å². The highest BCUT2D eigenvalue weighted by Gasteiger charge is 2.16. The van der Waals surface area contributed by atoms with E-state index in [-0.39, 0.29) is 17.4 Å². The number of hydrogen-bond donors (Lipinski definition) is 1. The molecule has 1 amide bonds. The molecule has 4 rings (SSSR count). The Balaban J connectivity index is 1.56. The van der Waals surface area contributed by atoms with Gasteiger partial charge in [-0.15, -0.1) is 0 Å². The molecule has 126 valence electrons. The summed E-state index contributed by atoms with van der Waals surface area (Å²) >= 11 is 0. The molecule has 1 atom stereocenters. The van der Waals surface area contributed by atoms with Crippen LogP contribution in [0.5, 0.6) is 0 Å². The molecule has 25 heavy (non-hydrogen) atoms. The number of carbonyl (C=O) groups is 1. The molecule has 0 radical (unpaired) electrons. The maximum Gasteiger partial charge on any atom is 0.251 e. The molecular formula is C21H19NO3. The van der Waals surface area contributed by atoms with Gasteiger partial charge in [0.25, 0.3) is 5.91 Å². The van der Waals surface area contributed by atoms with Crippen LogP contribution in [0.3, 0.4) is 0 Å². The van der Waals surface area contributed by atoms with Crippen LogP contribution in [-0.2, 0) is 12.8 Å². The summed E-state index contributed by atoms with van der Waals surface area (Å²) in [6.07, 6.45) is 4.83. The molecule has 4 heteroatoms. The Bertz CT molecular complexity index is 1020. The fourth-order valence-corrected chi connectivity index (χ4v) is 3.45. The van der Waals surface area contributed by atoms with Gasteiger partial charge in [0.2, 0.25) is 0 Å². The van der Waals surface area contributed by atoms with E-state index in [1.165, 1.54) is 29.9 Å². The summed E-state index contributed by atoms with van der Waals surface area (Å²) in [4.78, 5) is 24.3. The van der Waals surface area contributed by atoms with Crippen LogP contribution in [0.4, 0.5) is 0 Å². The number of nitrogens with one attached hydrogen (secondary N) is 1. The third kappa shape index (κ3) is 2.95. The highest BCUT2D eigenvalue weighted by atomic mass is 16.3. The molecule has 0 spiro atoms. The van der Waals surface area contributed by atoms with Gasteiger partial charge >= 0.3 is 0 Å². The summed E-state index contributed by atoms with van der Waals surface area (Å²) in [5.41, 5.74) is 4.72. The van der Waals surface area contributed by atoms with Crippen molar-refractivity contribution in [2.24, 2.45) is 0 Å². The molecule has 1 aliphatic rings. The Hall–Kier alpha value is -2.88. The number of benzene rings is 2. The largest absolute Gasteiger partial charge is 0.464 e. The number of fused-ring (bicyclic) bond motifs is 2. The predicted molar refractivity (Wildman–Crippen MR) is 96.8 cm³/mol. The number of amides is 1. The second kappa shape index (κ2) is 6.20. The summed E-state index contributed by atoms with van der Waals surface area (Å²) in [5, 5.41) is 3.50. The molecule has 4 nitrogen and oxygen atoms in total. The van der Waals surface area contributed by atoms with Gasteiger partial charge < -0.3 is 9.73 Å². The fourth-order valence-electron chi connectivity index (χ4n) is 3.45. The van der Waals surface area contributed by atoms with Gasteiger partial charge in [0.15, 0.2) is 5.43 Å². The van der Waals surface area contributed by atoms with E-state index in [9.17, 15) is 9.59 Å². The molecule has 2 aromatic carbocycles. The molecule has 0 aliphatic heterocycles. The van der Waals surface area contributed by atoms with Gasteiger partial charge in [-0.3, -0.25) is 9.59 Å². The first kappa shape index (κ1) is 15.6. The van der Waals surface area contributed by atoms with Crippen molar-refractivity contribution in [3.05, 3.63) is 81.2 Å². The number of carbonyl (C=O) groups excluding carboxylic acids is 1. The van der Waals surface area contributed by atoms with Crippen LogP contribution in [-0.4, -0.2) is 5.91 Å². The van der Waals surface area contributed by atoms with Crippen LogP contribution in [0.25, 0.3) is 11.0 Å². The van der Waals surface area contributed by atoms with Gasteiger partial charge in [-0.25, -0.2) is 0 Å². The zero-order valence-electron chi connectivity index (χ0n) is 14.0. The first-order valence-electron chi connectivity index (χ1n) is 8.56. The monoisotopic (exact) mass is 333 g/mol. The summed E-state index contributed by atoms with van der Waals surface area (Å²) < 4.78 is 5.34. The highest BCUT2D eigenvalue weighted by Crippen LogP contribution is 2.25. The fraction of sp³-hybridized carbons (Fsp3) is 0.238. The minimum absolute atomic E-state index is 0.0862. The van der Waals surface area contributed by atoms with Crippen molar-refractivity contribution in [1.82, 2.24) is 5.32 Å². The van der Waals surface area contributed by atoms with Crippen LogP contribution >= 0.6 is 0 Å². The Morgan fingerprint density at radius 1 is 1.08 bits per heavy atom. The lowest BCUT2D eigenvalue weighted by Gasteiger charge is -2.16. The Morgan fingerprint density at radius 2 is 1.92 bits per heavy atom. The molecular weight excluding hydrogens is 314 g/mol. The van der Waals surface area contributed by atoms with Crippen molar-refractivity contribution in [3.8, 4) is 0 Å². The smallest absolute Gasteiger partial charge is 0.251 e. The minimum Gasteiger partial charge on any atom is -0.464 e. The molecule has 0 bridgehead atoms. The minimum atomic E-state index is -0.179. The van der Waals surface area contributed by atoms with Crippen LogP contribution in [0.1, 0.15) is 46.4 Å². The quantitative estimate of drug-likeness (QED) is 0.794. The Kier molecular flexibility index (Phi) is 3.88. The van der Waals surface area contributed by atoms with Gasteiger partial charge in [0, 0.05) is 11.6 Å². The highest BCUT2D eigenvalue weighted by molar-refractivity contribution is 5.97. The van der Waals surface area contributed by atoms with Crippen molar-refractivity contribution in [1.29, 1.82) is 0 Å². The molecule has 0 fully saturated rings. The van der Waals surface area contributed by atoms with Crippen molar-refractivity contribution < 1.29 is 9.21 Å². The average molecular weight is 333 g/mol. The molecule has 0 saturated heterocycles. The number of hydrogen-bond acceptors (Lipinski definition) is 3. The lowest BCUT2D eigenvalue weighted by Crippen LogP contribution is -2.26. The maximum absolute atomic E-state index is 12.6. The van der Waals surface area contributed by atoms with Crippen LogP contribution < -0.4 is 10.7 Å². The molecule has 0 saturated carbocycles. The summed E-state index contributed by atoms with van der Waals surface area (Å²) in [6, 6.07) is 12.7. The van der Waals surface area contributed by atoms with Crippen molar-refractivity contribution >= 4 is 16.9 Å². The summed E-state index contributed by atoms with van der Waals surface area (Å²) in [6.45, 7) is 1.98. The maximum atomic E-state index is 12.6. The zero-order chi connectivity index (χ0) is 17.4. The van der Waals surface area contributed by atoms with Gasteiger partial charge in [0.05, 0.1) is 17.7 Å². The second-order valence-corrected chi connectivity index (χ2v) is 6.57. The first-order chi connectivity index (χ1) is 12.1. The third-order valence-electron chi connectivity index (χ3n) is 4.89. The summed E-state index contributed by atoms with van der Waals surface area (Å²) in [5.74, 6) is -0.179. The molecule has 1 N–H and O–H groups in total. The van der Waals surface area contributed by atoms with Crippen molar-refractivity contribution in [3.63, 3.8) is 0 Å². The van der Waals surface area contributed by atoms with Crippen LogP contribution in [0, 0.1) is 0 Å². The molecule has 1 heterocycles. The van der Waals surface area contributed by atoms with E-state index >= 15 is 0 Å². The van der Waals surface area contributed by atoms with Gasteiger partial charge in [-0.1, -0.05) is 18.2 Å². The van der Waals surface area contributed by atoms with E-state index in [1.54, 1.807) is 18.2 Å². The Labute approximate surface area is 145 Å². The second-order valence-electron chi connectivity index (χ2n) is 6.57. The molecule has 3 aromatic rings. The third-order valence-corrected chi connectivity index (χ3v) is 4.89. The number of rotatable bonds is 3. The standard InChI is InChI=1S/C21H19NO3/c1-13(15-6-5-14-3-2-4-16(14)11-15)22-21(24)17-7-8-18-19(23)9-10-25-20(18)12-17/h5-13H,2-4H2,1H3,(H,22,24). The number of aryl methyl sites for hydroxylation is 2. The van der Waals surface area contributed by atoms with Gasteiger partial charge in [-0.2, -0.15) is 0 Å². The Morgan fingerprint density at radius 3 is 2.80 bits per heavy atom. The topological polar surface area (TPSA) is 59.3 Å². The zero-order valence-corrected chi connectivity index (χ0v) is 14.0. The first-order valence-corrected chi connectivity index (χ1v) is 8.56. The molecule has 1 unspecified atom stereocenters. The summed E-state index contributed by atoms with van der Waals surface area (Å²) in [7, 11) is 0. The van der Waals surface area contributed by atoms with E-state index < -0.39 is 0 Å². The van der Waals surface area contributed by atoms with Gasteiger partial charge in [0.1, 0.15) is 5.58 Å². The van der Waals surface area contributed by atoms with E-state index in [4.69, 9.17) is 4.42 Å². The molecule has 1 aliphatic carbocycles. The SMILES string of the molecule is CC(NC(=O)c1ccc2c(=O)ccoc2c1)c1ccc2c(c1)CCC2. The van der Waals surface area contributed by atoms with E-state index in [0.717, 1.165) is 18.4 Å². The van der Waals surface area contributed by atoms with E-state index in [1.807, 2.05) is 6.92 Å². The predicted octanol–water partition coefficient (Wildman–Crippen LogP) is 3.77. The van der Waals surface area contributed by atoms with E-state index in [2.05, 4.69) is 23.5 Å². The van der Waals surface area contributed by atoms with Crippen LogP contribution in [0.2, 0.25) is 0 Å². The normalized spacial score (nSPS) is 14.3. The van der Waals surface area contributed by atoms with E-state index in [0.29, 0.717) is 16.5 Å². The lowest BCUT2D eigenvalue weighted by atomic mass is 10.0. The lowest BCUT2D eigenvalue weighted by molar-refractivity contribution is 0.0940. The van der Waals surface area contributed by atoms with Crippen LogP contribution in [0.15, 0.2) is 57.9 Å². The molecule has 1 aromatic heterocycles.